The first-order chi connectivity index (χ1) is 17.4. The fraction of sp³-hybridized carbons (Fsp3) is 0.423. The van der Waals surface area contributed by atoms with Crippen molar-refractivity contribution in [3.63, 3.8) is 0 Å². The first kappa shape index (κ1) is 25.6. The number of aromatic hydroxyl groups is 1. The third-order valence-electron chi connectivity index (χ3n) is 6.46. The largest absolute Gasteiger partial charge is 0.505 e. The first-order valence-corrected chi connectivity index (χ1v) is 12.3. The molecule has 0 saturated carbocycles. The van der Waals surface area contributed by atoms with Crippen LogP contribution in [0.4, 0.5) is 0 Å². The van der Waals surface area contributed by atoms with E-state index in [9.17, 15) is 24.9 Å². The minimum Gasteiger partial charge on any atom is -0.505 e. The summed E-state index contributed by atoms with van der Waals surface area (Å²) in [6, 6.07) is 10.0. The number of carboxylic acids is 1. The van der Waals surface area contributed by atoms with Crippen molar-refractivity contribution < 1.29 is 24.9 Å². The van der Waals surface area contributed by atoms with E-state index >= 15 is 0 Å². The van der Waals surface area contributed by atoms with E-state index in [0.29, 0.717) is 23.7 Å². The molecule has 36 heavy (non-hydrogen) atoms. The molecule has 1 amide bonds. The maximum Gasteiger partial charge on any atom is 0.320 e. The monoisotopic (exact) mass is 495 g/mol. The van der Waals surface area contributed by atoms with E-state index < -0.39 is 18.2 Å². The highest BCUT2D eigenvalue weighted by molar-refractivity contribution is 5.87. The number of rotatable bonds is 12. The molecule has 2 atom stereocenters. The summed E-state index contributed by atoms with van der Waals surface area (Å²) in [6.45, 7) is 1.96. The Kier molecular flexibility index (Phi) is 8.52. The Morgan fingerprint density at radius 2 is 1.97 bits per heavy atom. The second kappa shape index (κ2) is 12.0. The molecule has 7 N–H and O–H groups in total. The number of nitrogens with one attached hydrogen (secondary N) is 4. The Morgan fingerprint density at radius 1 is 1.14 bits per heavy atom. The van der Waals surface area contributed by atoms with E-state index in [1.807, 2.05) is 0 Å². The van der Waals surface area contributed by atoms with Gasteiger partial charge in [-0.05, 0) is 49.4 Å². The zero-order chi connectivity index (χ0) is 25.5. The number of unbranched alkanes of at least 4 members (excludes halogenated alkanes) is 1. The van der Waals surface area contributed by atoms with Crippen molar-refractivity contribution in [2.24, 2.45) is 0 Å². The highest BCUT2D eigenvalue weighted by Crippen LogP contribution is 2.31. The molecule has 0 aliphatic carbocycles. The van der Waals surface area contributed by atoms with Gasteiger partial charge in [0, 0.05) is 54.8 Å². The molecule has 0 fully saturated rings. The molecular formula is C26H33N5O5. The number of aryl methyl sites for hydroxylation is 1. The quantitative estimate of drug-likeness (QED) is 0.148. The molecule has 0 spiro atoms. The number of hydrogen-bond acceptors (Lipinski definition) is 7. The molecule has 10 heteroatoms. The van der Waals surface area contributed by atoms with Gasteiger partial charge in [-0.15, -0.1) is 0 Å². The van der Waals surface area contributed by atoms with Crippen LogP contribution in [0.15, 0.2) is 36.4 Å². The average molecular weight is 496 g/mol. The van der Waals surface area contributed by atoms with Crippen LogP contribution in [-0.4, -0.2) is 56.3 Å². The molecule has 1 aliphatic rings. The molecule has 3 aromatic rings. The van der Waals surface area contributed by atoms with E-state index in [0.717, 1.165) is 43.7 Å². The van der Waals surface area contributed by atoms with Crippen molar-refractivity contribution in [2.45, 2.75) is 57.3 Å². The maximum atomic E-state index is 12.2. The van der Waals surface area contributed by atoms with E-state index in [4.69, 9.17) is 4.98 Å². The summed E-state index contributed by atoms with van der Waals surface area (Å²) >= 11 is 0. The lowest BCUT2D eigenvalue weighted by atomic mass is 10.0. The minimum atomic E-state index is -1.41. The predicted molar refractivity (Wildman–Crippen MR) is 134 cm³/mol. The molecule has 4 rings (SSSR count). The van der Waals surface area contributed by atoms with Gasteiger partial charge in [0.05, 0.1) is 0 Å². The zero-order valence-electron chi connectivity index (χ0n) is 20.1. The van der Waals surface area contributed by atoms with Crippen molar-refractivity contribution in [2.75, 3.05) is 13.1 Å². The number of aliphatic hydroxyl groups is 1. The number of benzene rings is 1. The van der Waals surface area contributed by atoms with Crippen LogP contribution in [0.1, 0.15) is 54.6 Å². The second-order valence-electron chi connectivity index (χ2n) is 9.07. The number of carbonyl (C=O) groups is 2. The van der Waals surface area contributed by atoms with Crippen molar-refractivity contribution in [3.05, 3.63) is 59.0 Å². The first-order valence-electron chi connectivity index (χ1n) is 12.3. The van der Waals surface area contributed by atoms with Gasteiger partial charge in [-0.1, -0.05) is 18.2 Å². The normalized spacial score (nSPS) is 14.8. The third-order valence-corrected chi connectivity index (χ3v) is 6.46. The molecular weight excluding hydrogens is 462 g/mol. The Hall–Kier alpha value is -3.47. The summed E-state index contributed by atoms with van der Waals surface area (Å²) in [6.07, 6.45) is 2.33. The topological polar surface area (TPSA) is 160 Å². The van der Waals surface area contributed by atoms with Crippen molar-refractivity contribution in [1.82, 2.24) is 25.9 Å². The lowest BCUT2D eigenvalue weighted by Gasteiger charge is -2.19. The van der Waals surface area contributed by atoms with Crippen LogP contribution in [0.2, 0.25) is 0 Å². The molecule has 0 bridgehead atoms. The number of nitrogens with zero attached hydrogens (tertiary/aromatic N) is 1. The predicted octanol–water partition coefficient (Wildman–Crippen LogP) is 1.87. The van der Waals surface area contributed by atoms with Gasteiger partial charge in [0.1, 0.15) is 23.7 Å². The minimum absolute atomic E-state index is 0.0764. The van der Waals surface area contributed by atoms with Crippen LogP contribution in [0.25, 0.3) is 10.9 Å². The van der Waals surface area contributed by atoms with Crippen LogP contribution >= 0.6 is 0 Å². The smallest absolute Gasteiger partial charge is 0.320 e. The maximum absolute atomic E-state index is 12.2. The van der Waals surface area contributed by atoms with Gasteiger partial charge in [-0.2, -0.15) is 0 Å². The number of carbonyl (C=O) groups excluding carboxylic acids is 1. The molecule has 2 unspecified atom stereocenters. The number of fused-ring (bicyclic) bond motifs is 2. The lowest BCUT2D eigenvalue weighted by molar-refractivity contribution is -0.141. The fourth-order valence-corrected chi connectivity index (χ4v) is 4.46. The SMILES string of the molecule is O=C(CCCCc1ccc2c(n1)CCNC2)NCCC(NC(O)c1[nH]c2ccccc2c1O)C(=O)O. The number of hydrogen-bond donors (Lipinski definition) is 7. The summed E-state index contributed by atoms with van der Waals surface area (Å²) in [5, 5.41) is 39.6. The standard InChI is InChI=1S/C26H33N5O5/c32-22(8-4-1-5-17-10-9-16-15-27-13-11-19(16)29-17)28-14-12-21(26(35)36)31-25(34)23-24(33)18-6-2-3-7-20(18)30-23/h2-3,6-7,9-10,21,25,27,30-31,33-34H,1,4-5,8,11-15H2,(H,28,32)(H,35,36). The molecule has 2 aromatic heterocycles. The molecule has 192 valence electrons. The van der Waals surface area contributed by atoms with Crippen LogP contribution in [-0.2, 0) is 29.0 Å². The molecule has 0 radical (unpaired) electrons. The van der Waals surface area contributed by atoms with Crippen LogP contribution < -0.4 is 16.0 Å². The molecule has 1 aromatic carbocycles. The summed E-state index contributed by atoms with van der Waals surface area (Å²) in [4.78, 5) is 31.5. The number of carboxylic acid groups (broad SMARTS) is 1. The highest BCUT2D eigenvalue weighted by atomic mass is 16.4. The van der Waals surface area contributed by atoms with Crippen molar-refractivity contribution >= 4 is 22.8 Å². The van der Waals surface area contributed by atoms with Crippen LogP contribution in [0.3, 0.4) is 0 Å². The van der Waals surface area contributed by atoms with Crippen molar-refractivity contribution in [3.8, 4) is 5.75 Å². The van der Waals surface area contributed by atoms with Crippen molar-refractivity contribution in [1.29, 1.82) is 0 Å². The molecule has 0 saturated heterocycles. The molecule has 10 nitrogen and oxygen atoms in total. The number of aromatic nitrogens is 2. The van der Waals surface area contributed by atoms with Gasteiger partial charge in [-0.3, -0.25) is 19.9 Å². The Morgan fingerprint density at radius 3 is 2.78 bits per heavy atom. The average Bonchev–Trinajstić information content (AvgIpc) is 3.22. The number of para-hydroxylation sites is 1. The molecule has 1 aliphatic heterocycles. The van der Waals surface area contributed by atoms with Gasteiger partial charge in [0.2, 0.25) is 5.91 Å². The number of aliphatic carboxylic acids is 1. The number of H-pyrrole nitrogens is 1. The van der Waals surface area contributed by atoms with Gasteiger partial charge in [0.15, 0.2) is 0 Å². The van der Waals surface area contributed by atoms with Crippen LogP contribution in [0, 0.1) is 0 Å². The van der Waals surface area contributed by atoms with E-state index in [-0.39, 0.29) is 30.3 Å². The lowest BCUT2D eigenvalue weighted by Crippen LogP contribution is -2.41. The van der Waals surface area contributed by atoms with E-state index in [2.05, 4.69) is 33.1 Å². The van der Waals surface area contributed by atoms with Gasteiger partial charge in [-0.25, -0.2) is 0 Å². The van der Waals surface area contributed by atoms with Gasteiger partial charge < -0.3 is 30.9 Å². The Labute approximate surface area is 209 Å². The second-order valence-corrected chi connectivity index (χ2v) is 9.07. The number of aliphatic hydroxyl groups excluding tert-OH is 1. The molecule has 3 heterocycles. The van der Waals surface area contributed by atoms with Crippen LogP contribution in [0.5, 0.6) is 5.75 Å². The summed E-state index contributed by atoms with van der Waals surface area (Å²) in [5.41, 5.74) is 4.19. The number of amides is 1. The van der Waals surface area contributed by atoms with E-state index in [1.54, 1.807) is 24.3 Å². The zero-order valence-corrected chi connectivity index (χ0v) is 20.1. The highest BCUT2D eigenvalue weighted by Gasteiger charge is 2.24. The fourth-order valence-electron chi connectivity index (χ4n) is 4.46. The van der Waals surface area contributed by atoms with Gasteiger partial charge in [0.25, 0.3) is 0 Å². The summed E-state index contributed by atoms with van der Waals surface area (Å²) in [5.74, 6) is -1.43. The third kappa shape index (κ3) is 6.39. The number of aromatic amines is 1. The number of pyridine rings is 1. The summed E-state index contributed by atoms with van der Waals surface area (Å²) in [7, 11) is 0. The Balaban J connectivity index is 1.18. The van der Waals surface area contributed by atoms with Gasteiger partial charge >= 0.3 is 5.97 Å². The summed E-state index contributed by atoms with van der Waals surface area (Å²) < 4.78 is 0. The van der Waals surface area contributed by atoms with E-state index in [1.165, 1.54) is 5.56 Å². The Bertz CT molecular complexity index is 1210.